The Kier molecular flexibility index (Phi) is 9.43. The summed E-state index contributed by atoms with van der Waals surface area (Å²) in [6.07, 6.45) is 0.804. The standard InChI is InChI=1S/C29H32Cl2N2O7/c1-15(2)8-24(36)33(13-17-4-5-18(30)11-21(17)31)22-12-20(29(38)32-6-7-34)25-19-9-16(14-35)10-23(39-3)27(19)40-28(25)26(22)37/h4-5,8-12,22,25-26,28,34-35,37H,6-7,13-14H2,1-3H3,(H,32,38). The average Bonchev–Trinajstić information content (AvgIpc) is 3.31. The number of methoxy groups -OCH3 is 1. The molecular formula is C29H32Cl2N2O7. The Labute approximate surface area is 242 Å². The van der Waals surface area contributed by atoms with E-state index in [1.165, 1.54) is 18.1 Å². The van der Waals surface area contributed by atoms with Gasteiger partial charge in [-0.1, -0.05) is 34.8 Å². The first-order valence-corrected chi connectivity index (χ1v) is 13.5. The van der Waals surface area contributed by atoms with Gasteiger partial charge in [0.2, 0.25) is 11.8 Å². The highest BCUT2D eigenvalue weighted by Crippen LogP contribution is 2.51. The third-order valence-corrected chi connectivity index (χ3v) is 7.49. The maximum Gasteiger partial charge on any atom is 0.247 e. The Balaban J connectivity index is 1.85. The number of ether oxygens (including phenoxy) is 2. The molecule has 2 aliphatic rings. The largest absolute Gasteiger partial charge is 0.493 e. The molecule has 2 aromatic rings. The van der Waals surface area contributed by atoms with Crippen LogP contribution in [0, 0.1) is 0 Å². The van der Waals surface area contributed by atoms with E-state index in [1.807, 2.05) is 0 Å². The van der Waals surface area contributed by atoms with Crippen molar-refractivity contribution >= 4 is 35.0 Å². The van der Waals surface area contributed by atoms with Gasteiger partial charge in [-0.25, -0.2) is 0 Å². The lowest BCUT2D eigenvalue weighted by Gasteiger charge is -2.40. The summed E-state index contributed by atoms with van der Waals surface area (Å²) in [6, 6.07) is 7.28. The number of carbonyl (C=O) groups is 2. The van der Waals surface area contributed by atoms with Crippen molar-refractivity contribution in [1.82, 2.24) is 10.2 Å². The van der Waals surface area contributed by atoms with Crippen molar-refractivity contribution in [2.75, 3.05) is 20.3 Å². The van der Waals surface area contributed by atoms with E-state index in [0.717, 1.165) is 5.57 Å². The number of nitrogens with zero attached hydrogens (tertiary/aromatic N) is 1. The van der Waals surface area contributed by atoms with E-state index in [1.54, 1.807) is 50.3 Å². The van der Waals surface area contributed by atoms with E-state index in [9.17, 15) is 24.9 Å². The summed E-state index contributed by atoms with van der Waals surface area (Å²) in [6.45, 7) is 3.05. The minimum atomic E-state index is -1.25. The number of aliphatic hydroxyl groups is 3. The lowest BCUT2D eigenvalue weighted by Crippen LogP contribution is -2.55. The lowest BCUT2D eigenvalue weighted by atomic mass is 9.77. The van der Waals surface area contributed by atoms with Gasteiger partial charge in [0.15, 0.2) is 11.5 Å². The molecule has 0 radical (unpaired) electrons. The molecule has 4 atom stereocenters. The number of halogens is 2. The van der Waals surface area contributed by atoms with Crippen molar-refractivity contribution in [2.24, 2.45) is 0 Å². The van der Waals surface area contributed by atoms with E-state index in [4.69, 9.17) is 32.7 Å². The first-order chi connectivity index (χ1) is 19.1. The Hall–Kier alpha value is -3.08. The summed E-state index contributed by atoms with van der Waals surface area (Å²) in [4.78, 5) is 28.4. The first kappa shape index (κ1) is 29.9. The Morgan fingerprint density at radius 2 is 1.93 bits per heavy atom. The third kappa shape index (κ3) is 5.99. The molecule has 4 rings (SSSR count). The van der Waals surface area contributed by atoms with E-state index in [2.05, 4.69) is 5.32 Å². The molecule has 9 nitrogen and oxygen atoms in total. The molecule has 11 heteroatoms. The minimum Gasteiger partial charge on any atom is -0.493 e. The maximum atomic E-state index is 13.5. The number of allylic oxidation sites excluding steroid dienone is 1. The molecule has 1 aliphatic heterocycles. The zero-order valence-corrected chi connectivity index (χ0v) is 23.9. The van der Waals surface area contributed by atoms with Crippen molar-refractivity contribution in [3.63, 3.8) is 0 Å². The fraction of sp³-hybridized carbons (Fsp3) is 0.379. The van der Waals surface area contributed by atoms with E-state index in [0.29, 0.717) is 38.2 Å². The smallest absolute Gasteiger partial charge is 0.247 e. The van der Waals surface area contributed by atoms with Gasteiger partial charge in [-0.3, -0.25) is 9.59 Å². The van der Waals surface area contributed by atoms with E-state index < -0.39 is 36.0 Å². The summed E-state index contributed by atoms with van der Waals surface area (Å²) in [5.74, 6) is -0.904. The van der Waals surface area contributed by atoms with Gasteiger partial charge in [0.1, 0.15) is 12.2 Å². The predicted molar refractivity (Wildman–Crippen MR) is 150 cm³/mol. The van der Waals surface area contributed by atoms with Gasteiger partial charge >= 0.3 is 0 Å². The summed E-state index contributed by atoms with van der Waals surface area (Å²) < 4.78 is 11.7. The number of rotatable bonds is 9. The van der Waals surface area contributed by atoms with Crippen LogP contribution in [0.25, 0.3) is 0 Å². The highest BCUT2D eigenvalue weighted by Gasteiger charge is 2.51. The zero-order chi connectivity index (χ0) is 29.1. The van der Waals surface area contributed by atoms with Crippen LogP contribution in [0.3, 0.4) is 0 Å². The van der Waals surface area contributed by atoms with Gasteiger partial charge in [0.05, 0.1) is 32.3 Å². The molecule has 4 N–H and O–H groups in total. The molecule has 2 amide bonds. The summed E-state index contributed by atoms with van der Waals surface area (Å²) in [7, 11) is 1.46. The molecule has 0 saturated carbocycles. The topological polar surface area (TPSA) is 129 Å². The number of hydrogen-bond acceptors (Lipinski definition) is 7. The van der Waals surface area contributed by atoms with Crippen LogP contribution in [0.5, 0.6) is 11.5 Å². The van der Waals surface area contributed by atoms with E-state index >= 15 is 0 Å². The molecule has 4 unspecified atom stereocenters. The monoisotopic (exact) mass is 590 g/mol. The number of fused-ring (bicyclic) bond motifs is 3. The van der Waals surface area contributed by atoms with Crippen LogP contribution < -0.4 is 14.8 Å². The molecule has 2 aromatic carbocycles. The van der Waals surface area contributed by atoms with Gasteiger partial charge < -0.3 is 35.0 Å². The quantitative estimate of drug-likeness (QED) is 0.330. The highest BCUT2D eigenvalue weighted by atomic mass is 35.5. The fourth-order valence-corrected chi connectivity index (χ4v) is 5.58. The summed E-state index contributed by atoms with van der Waals surface area (Å²) >= 11 is 12.5. The van der Waals surface area contributed by atoms with Crippen LogP contribution in [0.1, 0.15) is 36.5 Å². The third-order valence-electron chi connectivity index (χ3n) is 6.91. The zero-order valence-electron chi connectivity index (χ0n) is 22.4. The van der Waals surface area contributed by atoms with Crippen molar-refractivity contribution in [1.29, 1.82) is 0 Å². The van der Waals surface area contributed by atoms with Gasteiger partial charge in [0.25, 0.3) is 0 Å². The van der Waals surface area contributed by atoms with Crippen LogP contribution in [0.4, 0.5) is 0 Å². The van der Waals surface area contributed by atoms with Crippen molar-refractivity contribution < 1.29 is 34.4 Å². The normalized spacial score (nSPS) is 20.9. The van der Waals surface area contributed by atoms with Gasteiger partial charge in [-0.05, 0) is 55.3 Å². The molecule has 0 saturated heterocycles. The van der Waals surface area contributed by atoms with Crippen LogP contribution >= 0.6 is 23.2 Å². The molecule has 1 heterocycles. The molecular weight excluding hydrogens is 559 g/mol. The number of aliphatic hydroxyl groups excluding tert-OH is 3. The predicted octanol–water partition coefficient (Wildman–Crippen LogP) is 3.11. The van der Waals surface area contributed by atoms with Crippen LogP contribution in [-0.4, -0.2) is 70.5 Å². The van der Waals surface area contributed by atoms with Crippen LogP contribution in [0.2, 0.25) is 10.0 Å². The molecule has 0 bridgehead atoms. The Morgan fingerprint density at radius 1 is 1.18 bits per heavy atom. The SMILES string of the molecule is COc1cc(CO)cc2c1OC1C2C(C(=O)NCCO)=CC(N(Cc2ccc(Cl)cc2Cl)C(=O)C=C(C)C)C1O. The van der Waals surface area contributed by atoms with Crippen molar-refractivity contribution in [3.05, 3.63) is 80.4 Å². The number of amides is 2. The summed E-state index contributed by atoms with van der Waals surface area (Å²) in [5.41, 5.74) is 2.71. The van der Waals surface area contributed by atoms with Gasteiger partial charge in [0, 0.05) is 40.3 Å². The molecule has 0 aromatic heterocycles. The van der Waals surface area contributed by atoms with E-state index in [-0.39, 0.29) is 31.9 Å². The number of carbonyl (C=O) groups excluding carboxylic acids is 2. The summed E-state index contributed by atoms with van der Waals surface area (Å²) in [5, 5.41) is 34.3. The first-order valence-electron chi connectivity index (χ1n) is 12.8. The minimum absolute atomic E-state index is 0.00922. The second-order valence-electron chi connectivity index (χ2n) is 9.94. The molecule has 1 aliphatic carbocycles. The molecule has 214 valence electrons. The van der Waals surface area contributed by atoms with Crippen LogP contribution in [-0.2, 0) is 22.7 Å². The fourth-order valence-electron chi connectivity index (χ4n) is 5.11. The highest BCUT2D eigenvalue weighted by molar-refractivity contribution is 6.35. The van der Waals surface area contributed by atoms with Crippen molar-refractivity contribution in [2.45, 2.75) is 51.2 Å². The number of nitrogens with one attached hydrogen (secondary N) is 1. The Morgan fingerprint density at radius 3 is 2.55 bits per heavy atom. The second-order valence-corrected chi connectivity index (χ2v) is 10.8. The molecule has 0 fully saturated rings. The molecule has 0 spiro atoms. The average molecular weight is 591 g/mol. The maximum absolute atomic E-state index is 13.5. The Bertz CT molecular complexity index is 1360. The lowest BCUT2D eigenvalue weighted by molar-refractivity contribution is -0.133. The van der Waals surface area contributed by atoms with Gasteiger partial charge in [-0.2, -0.15) is 0 Å². The second kappa shape index (κ2) is 12.6. The van der Waals surface area contributed by atoms with Crippen molar-refractivity contribution in [3.8, 4) is 11.5 Å². The number of hydrogen-bond donors (Lipinski definition) is 4. The molecule has 40 heavy (non-hydrogen) atoms. The number of benzene rings is 2. The van der Waals surface area contributed by atoms with Gasteiger partial charge in [-0.15, -0.1) is 0 Å². The van der Waals surface area contributed by atoms with Crippen LogP contribution in [0.15, 0.2) is 53.6 Å².